The number of hydrogen-bond acceptors (Lipinski definition) is 5. The van der Waals surface area contributed by atoms with Gasteiger partial charge in [0.1, 0.15) is 0 Å². The Morgan fingerprint density at radius 3 is 2.39 bits per heavy atom. The molecule has 5 nitrogen and oxygen atoms in total. The second kappa shape index (κ2) is 9.11. The van der Waals surface area contributed by atoms with E-state index in [9.17, 15) is 0 Å². The van der Waals surface area contributed by atoms with Crippen LogP contribution in [0.1, 0.15) is 25.5 Å². The molecular weight excluding hydrogens is 292 g/mol. The van der Waals surface area contributed by atoms with Crippen molar-refractivity contribution in [1.82, 2.24) is 10.2 Å². The summed E-state index contributed by atoms with van der Waals surface area (Å²) in [6.07, 6.45) is 0. The van der Waals surface area contributed by atoms with E-state index in [4.69, 9.17) is 14.2 Å². The van der Waals surface area contributed by atoms with Crippen molar-refractivity contribution in [1.29, 1.82) is 0 Å². The molecule has 1 unspecified atom stereocenters. The van der Waals surface area contributed by atoms with Crippen LogP contribution in [-0.4, -0.2) is 58.5 Å². The zero-order valence-electron chi connectivity index (χ0n) is 14.8. The van der Waals surface area contributed by atoms with Gasteiger partial charge in [-0.1, -0.05) is 19.9 Å². The van der Waals surface area contributed by atoms with Crippen molar-refractivity contribution in [3.8, 4) is 11.5 Å². The number of hydrogen-bond donors (Lipinski definition) is 1. The SMILES string of the molecule is COc1ccc(C(CNCC(C)C)N2CCOCC2)cc1OC. The van der Waals surface area contributed by atoms with Gasteiger partial charge in [0, 0.05) is 25.7 Å². The summed E-state index contributed by atoms with van der Waals surface area (Å²) in [4.78, 5) is 2.48. The molecule has 0 saturated carbocycles. The molecule has 1 saturated heterocycles. The van der Waals surface area contributed by atoms with Gasteiger partial charge in [-0.15, -0.1) is 0 Å². The second-order valence-electron chi connectivity index (χ2n) is 6.33. The maximum atomic E-state index is 5.50. The number of benzene rings is 1. The molecule has 0 radical (unpaired) electrons. The molecule has 130 valence electrons. The molecule has 1 N–H and O–H groups in total. The molecule has 1 aromatic rings. The fraction of sp³-hybridized carbons (Fsp3) is 0.667. The lowest BCUT2D eigenvalue weighted by Gasteiger charge is -2.35. The van der Waals surface area contributed by atoms with E-state index in [0.717, 1.165) is 50.9 Å². The van der Waals surface area contributed by atoms with Crippen LogP contribution >= 0.6 is 0 Å². The summed E-state index contributed by atoms with van der Waals surface area (Å²) in [5.41, 5.74) is 1.25. The Balaban J connectivity index is 2.17. The largest absolute Gasteiger partial charge is 0.493 e. The molecule has 0 spiro atoms. The Labute approximate surface area is 139 Å². The van der Waals surface area contributed by atoms with Gasteiger partial charge in [-0.25, -0.2) is 0 Å². The predicted octanol–water partition coefficient (Wildman–Crippen LogP) is 2.32. The Morgan fingerprint density at radius 1 is 1.09 bits per heavy atom. The molecular formula is C18H30N2O3. The minimum Gasteiger partial charge on any atom is -0.493 e. The van der Waals surface area contributed by atoms with Gasteiger partial charge in [-0.3, -0.25) is 4.90 Å². The van der Waals surface area contributed by atoms with Crippen LogP contribution in [-0.2, 0) is 4.74 Å². The highest BCUT2D eigenvalue weighted by atomic mass is 16.5. The van der Waals surface area contributed by atoms with Gasteiger partial charge in [0.2, 0.25) is 0 Å². The lowest BCUT2D eigenvalue weighted by atomic mass is 10.0. The Morgan fingerprint density at radius 2 is 1.78 bits per heavy atom. The van der Waals surface area contributed by atoms with Gasteiger partial charge < -0.3 is 19.5 Å². The first-order valence-electron chi connectivity index (χ1n) is 8.40. The molecule has 1 aliphatic rings. The lowest BCUT2D eigenvalue weighted by Crippen LogP contribution is -2.43. The minimum absolute atomic E-state index is 0.317. The zero-order valence-corrected chi connectivity index (χ0v) is 14.8. The number of morpholine rings is 1. The van der Waals surface area contributed by atoms with E-state index in [1.165, 1.54) is 5.56 Å². The van der Waals surface area contributed by atoms with Crippen LogP contribution in [0.2, 0.25) is 0 Å². The maximum Gasteiger partial charge on any atom is 0.161 e. The molecule has 5 heteroatoms. The number of methoxy groups -OCH3 is 2. The third-order valence-corrected chi connectivity index (χ3v) is 4.17. The molecule has 1 aromatic carbocycles. The van der Waals surface area contributed by atoms with Crippen LogP contribution in [0.15, 0.2) is 18.2 Å². The highest BCUT2D eigenvalue weighted by Crippen LogP contribution is 2.32. The molecule has 1 atom stereocenters. The molecule has 1 heterocycles. The highest BCUT2D eigenvalue weighted by Gasteiger charge is 2.23. The maximum absolute atomic E-state index is 5.50. The third kappa shape index (κ3) is 5.09. The fourth-order valence-electron chi connectivity index (χ4n) is 2.92. The van der Waals surface area contributed by atoms with E-state index >= 15 is 0 Å². The first-order chi connectivity index (χ1) is 11.2. The molecule has 0 bridgehead atoms. The van der Waals surface area contributed by atoms with Crippen molar-refractivity contribution >= 4 is 0 Å². The summed E-state index contributed by atoms with van der Waals surface area (Å²) in [5, 5.41) is 3.59. The van der Waals surface area contributed by atoms with Crippen LogP contribution in [0, 0.1) is 5.92 Å². The van der Waals surface area contributed by atoms with Crippen LogP contribution in [0.4, 0.5) is 0 Å². The summed E-state index contributed by atoms with van der Waals surface area (Å²) in [7, 11) is 3.35. The van der Waals surface area contributed by atoms with Crippen LogP contribution in [0.3, 0.4) is 0 Å². The van der Waals surface area contributed by atoms with Crippen molar-refractivity contribution in [2.75, 3.05) is 53.6 Å². The van der Waals surface area contributed by atoms with Gasteiger partial charge in [0.05, 0.1) is 27.4 Å². The van der Waals surface area contributed by atoms with Crippen molar-refractivity contribution in [3.63, 3.8) is 0 Å². The highest BCUT2D eigenvalue weighted by molar-refractivity contribution is 5.44. The number of nitrogens with zero attached hydrogens (tertiary/aromatic N) is 1. The number of ether oxygens (including phenoxy) is 3. The third-order valence-electron chi connectivity index (χ3n) is 4.17. The molecule has 1 aliphatic heterocycles. The molecule has 0 amide bonds. The molecule has 1 fully saturated rings. The molecule has 0 aliphatic carbocycles. The van der Waals surface area contributed by atoms with E-state index in [-0.39, 0.29) is 0 Å². The zero-order chi connectivity index (χ0) is 16.7. The van der Waals surface area contributed by atoms with Gasteiger partial charge >= 0.3 is 0 Å². The van der Waals surface area contributed by atoms with E-state index in [1.807, 2.05) is 6.07 Å². The minimum atomic E-state index is 0.317. The van der Waals surface area contributed by atoms with E-state index < -0.39 is 0 Å². The van der Waals surface area contributed by atoms with Crippen molar-refractivity contribution in [2.24, 2.45) is 5.92 Å². The van der Waals surface area contributed by atoms with Crippen LogP contribution in [0.25, 0.3) is 0 Å². The Bertz CT molecular complexity index is 473. The predicted molar refractivity (Wildman–Crippen MR) is 92.4 cm³/mol. The topological polar surface area (TPSA) is 43.0 Å². The van der Waals surface area contributed by atoms with Gasteiger partial charge in [-0.2, -0.15) is 0 Å². The quantitative estimate of drug-likeness (QED) is 0.796. The monoisotopic (exact) mass is 322 g/mol. The van der Waals surface area contributed by atoms with Gasteiger partial charge in [0.15, 0.2) is 11.5 Å². The fourth-order valence-corrected chi connectivity index (χ4v) is 2.92. The Hall–Kier alpha value is -1.30. The van der Waals surface area contributed by atoms with Crippen LogP contribution in [0.5, 0.6) is 11.5 Å². The summed E-state index contributed by atoms with van der Waals surface area (Å²) in [5.74, 6) is 2.20. The molecule has 23 heavy (non-hydrogen) atoms. The summed E-state index contributed by atoms with van der Waals surface area (Å²) in [6.45, 7) is 9.93. The summed E-state index contributed by atoms with van der Waals surface area (Å²) in [6, 6.07) is 6.54. The molecule has 0 aromatic heterocycles. The summed E-state index contributed by atoms with van der Waals surface area (Å²) >= 11 is 0. The average Bonchev–Trinajstić information content (AvgIpc) is 2.58. The van der Waals surface area contributed by atoms with Gasteiger partial charge in [-0.05, 0) is 30.2 Å². The van der Waals surface area contributed by atoms with Crippen LogP contribution < -0.4 is 14.8 Å². The van der Waals surface area contributed by atoms with Gasteiger partial charge in [0.25, 0.3) is 0 Å². The smallest absolute Gasteiger partial charge is 0.161 e. The lowest BCUT2D eigenvalue weighted by molar-refractivity contribution is 0.0160. The standard InChI is InChI=1S/C18H30N2O3/c1-14(2)12-19-13-16(20-7-9-23-10-8-20)15-5-6-17(21-3)18(11-15)22-4/h5-6,11,14,16,19H,7-10,12-13H2,1-4H3. The second-order valence-corrected chi connectivity index (χ2v) is 6.33. The number of rotatable bonds is 8. The summed E-state index contributed by atoms with van der Waals surface area (Å²) < 4.78 is 16.3. The first-order valence-corrected chi connectivity index (χ1v) is 8.40. The molecule has 2 rings (SSSR count). The Kier molecular flexibility index (Phi) is 7.15. The van der Waals surface area contributed by atoms with E-state index in [2.05, 4.69) is 36.2 Å². The number of nitrogens with one attached hydrogen (secondary N) is 1. The normalized spacial score (nSPS) is 17.3. The average molecular weight is 322 g/mol. The first kappa shape index (κ1) is 18.0. The van der Waals surface area contributed by atoms with Crippen molar-refractivity contribution < 1.29 is 14.2 Å². The van der Waals surface area contributed by atoms with Crippen molar-refractivity contribution in [2.45, 2.75) is 19.9 Å². The van der Waals surface area contributed by atoms with Crippen molar-refractivity contribution in [3.05, 3.63) is 23.8 Å². The van der Waals surface area contributed by atoms with E-state index in [1.54, 1.807) is 14.2 Å². The van der Waals surface area contributed by atoms with E-state index in [0.29, 0.717) is 12.0 Å².